The second-order valence-corrected chi connectivity index (χ2v) is 7.00. The van der Waals surface area contributed by atoms with Gasteiger partial charge in [-0.05, 0) is 42.2 Å². The average molecular weight is 383 g/mol. The lowest BCUT2D eigenvalue weighted by atomic mass is 10.0. The highest BCUT2D eigenvalue weighted by Crippen LogP contribution is 2.27. The van der Waals surface area contributed by atoms with E-state index in [0.717, 1.165) is 23.7 Å². The molecule has 0 radical (unpaired) electrons. The van der Waals surface area contributed by atoms with E-state index in [4.69, 9.17) is 0 Å². The average Bonchev–Trinajstić information content (AvgIpc) is 3.13. The lowest BCUT2D eigenvalue weighted by Crippen LogP contribution is -2.14. The molecular formula is C21H22FN3OS. The molecule has 0 saturated carbocycles. The molecule has 6 heteroatoms. The summed E-state index contributed by atoms with van der Waals surface area (Å²) in [6.45, 7) is 4.27. The molecule has 27 heavy (non-hydrogen) atoms. The maximum Gasteiger partial charge on any atom is 0.234 e. The number of hydrogen-bond donors (Lipinski definition) is 1. The highest BCUT2D eigenvalue weighted by molar-refractivity contribution is 7.99. The van der Waals surface area contributed by atoms with Gasteiger partial charge in [-0.1, -0.05) is 49.9 Å². The molecule has 3 aromatic rings. The van der Waals surface area contributed by atoms with Crippen LogP contribution in [0.4, 0.5) is 10.1 Å². The molecule has 0 aliphatic rings. The molecular weight excluding hydrogens is 361 g/mol. The van der Waals surface area contributed by atoms with Crippen LogP contribution in [0.15, 0.2) is 60.0 Å². The quantitative estimate of drug-likeness (QED) is 0.592. The van der Waals surface area contributed by atoms with Gasteiger partial charge in [0, 0.05) is 18.1 Å². The van der Waals surface area contributed by atoms with E-state index in [1.165, 1.54) is 35.0 Å². The minimum absolute atomic E-state index is 0.195. The maximum absolute atomic E-state index is 13.2. The van der Waals surface area contributed by atoms with Crippen molar-refractivity contribution in [2.75, 3.05) is 11.1 Å². The zero-order valence-electron chi connectivity index (χ0n) is 15.4. The smallest absolute Gasteiger partial charge is 0.234 e. The van der Waals surface area contributed by atoms with Crippen molar-refractivity contribution in [1.29, 1.82) is 0 Å². The zero-order valence-corrected chi connectivity index (χ0v) is 16.2. The van der Waals surface area contributed by atoms with Crippen LogP contribution < -0.4 is 5.32 Å². The Morgan fingerprint density at radius 3 is 2.52 bits per heavy atom. The van der Waals surface area contributed by atoms with Crippen molar-refractivity contribution in [1.82, 2.24) is 9.55 Å². The SMILES string of the molecule is CCc1cccc(CC)c1-n1ccnc1SCC(=O)Nc1cccc(F)c1. The number of benzene rings is 2. The van der Waals surface area contributed by atoms with Crippen molar-refractivity contribution >= 4 is 23.4 Å². The van der Waals surface area contributed by atoms with Crippen LogP contribution in [0.25, 0.3) is 5.69 Å². The summed E-state index contributed by atoms with van der Waals surface area (Å²) in [5.41, 5.74) is 4.10. The third kappa shape index (κ3) is 4.57. The van der Waals surface area contributed by atoms with Crippen molar-refractivity contribution in [2.24, 2.45) is 0 Å². The van der Waals surface area contributed by atoms with Crippen molar-refractivity contribution in [3.8, 4) is 5.69 Å². The molecule has 0 unspecified atom stereocenters. The van der Waals surface area contributed by atoms with Gasteiger partial charge in [0.05, 0.1) is 11.4 Å². The Bertz CT molecular complexity index is 916. The van der Waals surface area contributed by atoms with E-state index in [1.54, 1.807) is 18.3 Å². The molecule has 0 aliphatic heterocycles. The van der Waals surface area contributed by atoms with Crippen LogP contribution in [0, 0.1) is 5.82 Å². The number of nitrogens with zero attached hydrogens (tertiary/aromatic N) is 2. The summed E-state index contributed by atoms with van der Waals surface area (Å²) in [7, 11) is 0. The van der Waals surface area contributed by atoms with Gasteiger partial charge >= 0.3 is 0 Å². The second-order valence-electron chi connectivity index (χ2n) is 6.06. The van der Waals surface area contributed by atoms with Gasteiger partial charge in [-0.2, -0.15) is 0 Å². The molecule has 3 rings (SSSR count). The Morgan fingerprint density at radius 1 is 1.15 bits per heavy atom. The summed E-state index contributed by atoms with van der Waals surface area (Å²) in [5.74, 6) is -0.373. The molecule has 4 nitrogen and oxygen atoms in total. The standard InChI is InChI=1S/C21H22FN3OS/c1-3-15-7-5-8-16(4-2)20(15)25-12-11-23-21(25)27-14-19(26)24-18-10-6-9-17(22)13-18/h5-13H,3-4,14H2,1-2H3,(H,24,26). The number of carbonyl (C=O) groups is 1. The van der Waals surface area contributed by atoms with Crippen LogP contribution in [0.2, 0.25) is 0 Å². The Labute approximate surface area is 162 Å². The first kappa shape index (κ1) is 19.2. The van der Waals surface area contributed by atoms with Gasteiger partial charge in [0.2, 0.25) is 5.91 Å². The van der Waals surface area contributed by atoms with Gasteiger partial charge in [-0.25, -0.2) is 9.37 Å². The number of aryl methyl sites for hydroxylation is 2. The number of rotatable bonds is 7. The fraction of sp³-hybridized carbons (Fsp3) is 0.238. The molecule has 1 heterocycles. The predicted octanol–water partition coefficient (Wildman–Crippen LogP) is 4.87. The monoisotopic (exact) mass is 383 g/mol. The highest BCUT2D eigenvalue weighted by Gasteiger charge is 2.14. The molecule has 0 bridgehead atoms. The number of anilines is 1. The van der Waals surface area contributed by atoms with Gasteiger partial charge in [-0.15, -0.1) is 0 Å². The number of para-hydroxylation sites is 1. The van der Waals surface area contributed by atoms with E-state index >= 15 is 0 Å². The molecule has 1 amide bonds. The summed E-state index contributed by atoms with van der Waals surface area (Å²) in [6, 6.07) is 12.2. The number of aromatic nitrogens is 2. The van der Waals surface area contributed by atoms with E-state index < -0.39 is 0 Å². The fourth-order valence-electron chi connectivity index (χ4n) is 2.98. The summed E-state index contributed by atoms with van der Waals surface area (Å²) in [5, 5.41) is 3.48. The first-order chi connectivity index (χ1) is 13.1. The summed E-state index contributed by atoms with van der Waals surface area (Å²) in [4.78, 5) is 16.6. The number of carbonyl (C=O) groups excluding carboxylic acids is 1. The van der Waals surface area contributed by atoms with Crippen LogP contribution in [0.5, 0.6) is 0 Å². The molecule has 1 aromatic heterocycles. The minimum atomic E-state index is -0.376. The van der Waals surface area contributed by atoms with Gasteiger partial charge in [0.25, 0.3) is 0 Å². The Balaban J connectivity index is 1.76. The lowest BCUT2D eigenvalue weighted by Gasteiger charge is -2.16. The minimum Gasteiger partial charge on any atom is -0.325 e. The van der Waals surface area contributed by atoms with Crippen LogP contribution in [-0.2, 0) is 17.6 Å². The topological polar surface area (TPSA) is 46.9 Å². The fourth-order valence-corrected chi connectivity index (χ4v) is 3.74. The van der Waals surface area contributed by atoms with Gasteiger partial charge in [-0.3, -0.25) is 9.36 Å². The van der Waals surface area contributed by atoms with E-state index in [1.807, 2.05) is 6.20 Å². The Morgan fingerprint density at radius 2 is 1.85 bits per heavy atom. The molecule has 2 aromatic carbocycles. The van der Waals surface area contributed by atoms with Crippen LogP contribution in [0.1, 0.15) is 25.0 Å². The van der Waals surface area contributed by atoms with Crippen molar-refractivity contribution in [3.05, 3.63) is 71.8 Å². The third-order valence-corrected chi connectivity index (χ3v) is 5.22. The Hall–Kier alpha value is -2.60. The third-order valence-electron chi connectivity index (χ3n) is 4.25. The largest absolute Gasteiger partial charge is 0.325 e. The second kappa shape index (κ2) is 8.86. The summed E-state index contributed by atoms with van der Waals surface area (Å²) >= 11 is 1.36. The normalized spacial score (nSPS) is 10.8. The number of amides is 1. The molecule has 0 atom stereocenters. The summed E-state index contributed by atoms with van der Waals surface area (Å²) < 4.78 is 15.3. The van der Waals surface area contributed by atoms with E-state index in [-0.39, 0.29) is 17.5 Å². The number of hydrogen-bond acceptors (Lipinski definition) is 3. The number of thioether (sulfide) groups is 1. The highest BCUT2D eigenvalue weighted by atomic mass is 32.2. The Kier molecular flexibility index (Phi) is 6.29. The predicted molar refractivity (Wildman–Crippen MR) is 108 cm³/mol. The lowest BCUT2D eigenvalue weighted by molar-refractivity contribution is -0.113. The number of halogens is 1. The van der Waals surface area contributed by atoms with E-state index in [0.29, 0.717) is 5.69 Å². The van der Waals surface area contributed by atoms with E-state index in [9.17, 15) is 9.18 Å². The molecule has 140 valence electrons. The van der Waals surface area contributed by atoms with Gasteiger partial charge < -0.3 is 5.32 Å². The maximum atomic E-state index is 13.2. The van der Waals surface area contributed by atoms with Crippen LogP contribution in [-0.4, -0.2) is 21.2 Å². The molecule has 0 spiro atoms. The summed E-state index contributed by atoms with van der Waals surface area (Å²) in [6.07, 6.45) is 5.52. The van der Waals surface area contributed by atoms with Crippen LogP contribution >= 0.6 is 11.8 Å². The molecule has 0 saturated heterocycles. The molecule has 1 N–H and O–H groups in total. The van der Waals surface area contributed by atoms with Crippen LogP contribution in [0.3, 0.4) is 0 Å². The molecule has 0 fully saturated rings. The van der Waals surface area contributed by atoms with Gasteiger partial charge in [0.15, 0.2) is 5.16 Å². The molecule has 0 aliphatic carbocycles. The van der Waals surface area contributed by atoms with Crippen molar-refractivity contribution in [3.63, 3.8) is 0 Å². The zero-order chi connectivity index (χ0) is 19.2. The van der Waals surface area contributed by atoms with Crippen molar-refractivity contribution in [2.45, 2.75) is 31.8 Å². The number of nitrogens with one attached hydrogen (secondary N) is 1. The first-order valence-electron chi connectivity index (χ1n) is 8.95. The first-order valence-corrected chi connectivity index (χ1v) is 9.93. The number of imidazole rings is 1. The van der Waals surface area contributed by atoms with Crippen molar-refractivity contribution < 1.29 is 9.18 Å². The van der Waals surface area contributed by atoms with E-state index in [2.05, 4.69) is 46.9 Å². The van der Waals surface area contributed by atoms with Gasteiger partial charge in [0.1, 0.15) is 5.82 Å².